The van der Waals surface area contributed by atoms with Crippen molar-refractivity contribution in [3.8, 4) is 11.5 Å². The molecule has 2 rings (SSSR count). The molecule has 0 aliphatic rings. The molecule has 3 heteroatoms. The molecular formula is C21H26O3. The number of carbonyl (C=O) groups is 1. The van der Waals surface area contributed by atoms with Crippen molar-refractivity contribution in [2.75, 3.05) is 6.61 Å². The van der Waals surface area contributed by atoms with Gasteiger partial charge >= 0.3 is 0 Å². The maximum absolute atomic E-state index is 12.4. The van der Waals surface area contributed by atoms with Crippen LogP contribution in [0, 0.1) is 11.8 Å². The second-order valence-corrected chi connectivity index (χ2v) is 6.75. The average molecular weight is 326 g/mol. The molecule has 0 amide bonds. The fraction of sp³-hybridized carbons (Fsp3) is 0.381. The number of rotatable bonds is 8. The minimum Gasteiger partial charge on any atom is -0.507 e. The van der Waals surface area contributed by atoms with Crippen molar-refractivity contribution in [1.82, 2.24) is 0 Å². The average Bonchev–Trinajstić information content (AvgIpc) is 2.54. The van der Waals surface area contributed by atoms with Crippen LogP contribution in [0.5, 0.6) is 11.5 Å². The molecule has 0 aliphatic heterocycles. The quantitative estimate of drug-likeness (QED) is 0.689. The number of ketones is 1. The Hall–Kier alpha value is -2.29. The third kappa shape index (κ3) is 5.12. The molecule has 0 aromatic heterocycles. The van der Waals surface area contributed by atoms with E-state index in [4.69, 9.17) is 4.74 Å². The standard InChI is InChI=1S/C21H26O3/c1-15(2)13-16(3)11-12-24-18-9-10-19(20(22)14-18)21(23)17-7-5-4-6-8-17/h4-10,14-16,22H,11-13H2,1-3H3. The van der Waals surface area contributed by atoms with Gasteiger partial charge in [-0.2, -0.15) is 0 Å². The second-order valence-electron chi connectivity index (χ2n) is 6.75. The minimum absolute atomic E-state index is 0.0448. The lowest BCUT2D eigenvalue weighted by Crippen LogP contribution is -2.07. The number of benzene rings is 2. The summed E-state index contributed by atoms with van der Waals surface area (Å²) in [5.74, 6) is 1.65. The molecule has 24 heavy (non-hydrogen) atoms. The summed E-state index contributed by atoms with van der Waals surface area (Å²) in [4.78, 5) is 12.4. The fourth-order valence-electron chi connectivity index (χ4n) is 2.84. The molecule has 0 heterocycles. The van der Waals surface area contributed by atoms with Gasteiger partial charge in [-0.25, -0.2) is 0 Å². The van der Waals surface area contributed by atoms with Gasteiger partial charge in [0.2, 0.25) is 0 Å². The predicted molar refractivity (Wildman–Crippen MR) is 96.7 cm³/mol. The smallest absolute Gasteiger partial charge is 0.196 e. The third-order valence-electron chi connectivity index (χ3n) is 4.00. The maximum atomic E-state index is 12.4. The summed E-state index contributed by atoms with van der Waals surface area (Å²) in [5, 5.41) is 10.1. The molecule has 128 valence electrons. The molecule has 0 saturated heterocycles. The van der Waals surface area contributed by atoms with Crippen molar-refractivity contribution < 1.29 is 14.6 Å². The second kappa shape index (κ2) is 8.53. The monoisotopic (exact) mass is 326 g/mol. The molecule has 1 unspecified atom stereocenters. The van der Waals surface area contributed by atoms with Gasteiger partial charge in [0.25, 0.3) is 0 Å². The molecule has 0 aliphatic carbocycles. The van der Waals surface area contributed by atoms with Crippen molar-refractivity contribution in [2.24, 2.45) is 11.8 Å². The Bertz CT molecular complexity index is 662. The van der Waals surface area contributed by atoms with Crippen molar-refractivity contribution in [2.45, 2.75) is 33.6 Å². The van der Waals surface area contributed by atoms with Crippen LogP contribution in [0.4, 0.5) is 0 Å². The van der Waals surface area contributed by atoms with Gasteiger partial charge in [-0.1, -0.05) is 51.1 Å². The summed E-state index contributed by atoms with van der Waals surface area (Å²) in [6.07, 6.45) is 2.16. The first kappa shape index (κ1) is 18.1. The van der Waals surface area contributed by atoms with Crippen LogP contribution in [-0.2, 0) is 0 Å². The Morgan fingerprint density at radius 3 is 2.42 bits per heavy atom. The highest BCUT2D eigenvalue weighted by atomic mass is 16.5. The van der Waals surface area contributed by atoms with Crippen LogP contribution in [0.3, 0.4) is 0 Å². The summed E-state index contributed by atoms with van der Waals surface area (Å²) in [6, 6.07) is 13.8. The molecule has 0 bridgehead atoms. The van der Waals surface area contributed by atoms with Gasteiger partial charge in [-0.15, -0.1) is 0 Å². The van der Waals surface area contributed by atoms with E-state index in [1.165, 1.54) is 12.5 Å². The van der Waals surface area contributed by atoms with E-state index >= 15 is 0 Å². The van der Waals surface area contributed by atoms with Gasteiger partial charge in [0.05, 0.1) is 12.2 Å². The van der Waals surface area contributed by atoms with E-state index in [-0.39, 0.29) is 11.5 Å². The van der Waals surface area contributed by atoms with E-state index in [0.717, 1.165) is 6.42 Å². The van der Waals surface area contributed by atoms with Crippen LogP contribution in [0.25, 0.3) is 0 Å². The highest BCUT2D eigenvalue weighted by Crippen LogP contribution is 2.26. The number of carbonyl (C=O) groups excluding carboxylic acids is 1. The van der Waals surface area contributed by atoms with Crippen LogP contribution >= 0.6 is 0 Å². The highest BCUT2D eigenvalue weighted by molar-refractivity contribution is 6.10. The normalized spacial score (nSPS) is 12.2. The Labute approximate surface area is 144 Å². The summed E-state index contributed by atoms with van der Waals surface area (Å²) >= 11 is 0. The highest BCUT2D eigenvalue weighted by Gasteiger charge is 2.14. The number of hydrogen-bond acceptors (Lipinski definition) is 3. The lowest BCUT2D eigenvalue weighted by atomic mass is 9.96. The zero-order valence-electron chi connectivity index (χ0n) is 14.7. The SMILES string of the molecule is CC(C)CC(C)CCOc1ccc(C(=O)c2ccccc2)c(O)c1. The Kier molecular flexibility index (Phi) is 6.42. The molecule has 1 N–H and O–H groups in total. The third-order valence-corrected chi connectivity index (χ3v) is 4.00. The summed E-state index contributed by atoms with van der Waals surface area (Å²) < 4.78 is 5.71. The lowest BCUT2D eigenvalue weighted by molar-refractivity contribution is 0.103. The molecule has 0 saturated carbocycles. The fourth-order valence-corrected chi connectivity index (χ4v) is 2.84. The van der Waals surface area contributed by atoms with Gasteiger partial charge in [0.1, 0.15) is 11.5 Å². The molecule has 0 radical (unpaired) electrons. The summed E-state index contributed by atoms with van der Waals surface area (Å²) in [5.41, 5.74) is 0.853. The van der Waals surface area contributed by atoms with Crippen LogP contribution in [0.15, 0.2) is 48.5 Å². The maximum Gasteiger partial charge on any atom is 0.196 e. The molecular weight excluding hydrogens is 300 g/mol. The van der Waals surface area contributed by atoms with Crippen LogP contribution < -0.4 is 4.74 Å². The molecule has 1 atom stereocenters. The molecule has 3 nitrogen and oxygen atoms in total. The van der Waals surface area contributed by atoms with Crippen molar-refractivity contribution in [3.63, 3.8) is 0 Å². The largest absolute Gasteiger partial charge is 0.507 e. The van der Waals surface area contributed by atoms with Crippen molar-refractivity contribution in [1.29, 1.82) is 0 Å². The van der Waals surface area contributed by atoms with Gasteiger partial charge < -0.3 is 9.84 Å². The van der Waals surface area contributed by atoms with Gasteiger partial charge in [0.15, 0.2) is 5.78 Å². The summed E-state index contributed by atoms with van der Waals surface area (Å²) in [7, 11) is 0. The molecule has 2 aromatic rings. The van der Waals surface area contributed by atoms with Gasteiger partial charge in [0, 0.05) is 11.6 Å². The zero-order chi connectivity index (χ0) is 17.5. The predicted octanol–water partition coefficient (Wildman–Crippen LogP) is 5.07. The first-order valence-corrected chi connectivity index (χ1v) is 8.53. The summed E-state index contributed by atoms with van der Waals surface area (Å²) in [6.45, 7) is 7.28. The first-order valence-electron chi connectivity index (χ1n) is 8.53. The van der Waals surface area contributed by atoms with Gasteiger partial charge in [-0.3, -0.25) is 4.79 Å². The zero-order valence-corrected chi connectivity index (χ0v) is 14.7. The van der Waals surface area contributed by atoms with E-state index < -0.39 is 0 Å². The van der Waals surface area contributed by atoms with E-state index in [9.17, 15) is 9.90 Å². The van der Waals surface area contributed by atoms with E-state index in [1.807, 2.05) is 6.07 Å². The molecule has 0 fully saturated rings. The van der Waals surface area contributed by atoms with E-state index in [2.05, 4.69) is 20.8 Å². The van der Waals surface area contributed by atoms with Crippen LogP contribution in [0.1, 0.15) is 49.5 Å². The van der Waals surface area contributed by atoms with Gasteiger partial charge in [-0.05, 0) is 36.8 Å². The number of ether oxygens (including phenoxy) is 1. The Morgan fingerprint density at radius 1 is 1.08 bits per heavy atom. The van der Waals surface area contributed by atoms with E-state index in [0.29, 0.717) is 35.3 Å². The Morgan fingerprint density at radius 2 is 1.79 bits per heavy atom. The first-order chi connectivity index (χ1) is 11.5. The Balaban J connectivity index is 1.96. The van der Waals surface area contributed by atoms with Crippen molar-refractivity contribution in [3.05, 3.63) is 59.7 Å². The van der Waals surface area contributed by atoms with Crippen molar-refractivity contribution >= 4 is 5.78 Å². The van der Waals surface area contributed by atoms with Crippen LogP contribution in [-0.4, -0.2) is 17.5 Å². The number of aromatic hydroxyl groups is 1. The number of hydrogen-bond donors (Lipinski definition) is 1. The topological polar surface area (TPSA) is 46.5 Å². The molecule has 2 aromatic carbocycles. The number of phenols is 1. The molecule has 0 spiro atoms. The number of phenolic OH excluding ortho intramolecular Hbond substituents is 1. The lowest BCUT2D eigenvalue weighted by Gasteiger charge is -2.14. The minimum atomic E-state index is -0.190. The van der Waals surface area contributed by atoms with Crippen LogP contribution in [0.2, 0.25) is 0 Å². The van der Waals surface area contributed by atoms with E-state index in [1.54, 1.807) is 36.4 Å².